The van der Waals surface area contributed by atoms with Gasteiger partial charge in [-0.05, 0) is 30.7 Å². The van der Waals surface area contributed by atoms with E-state index in [-0.39, 0.29) is 18.7 Å². The van der Waals surface area contributed by atoms with E-state index in [1.165, 1.54) is 70.3 Å². The van der Waals surface area contributed by atoms with E-state index in [1.807, 2.05) is 0 Å². The smallest absolute Gasteiger partial charge is 0.462 e. The third-order valence-corrected chi connectivity index (χ3v) is 13.1. The Morgan fingerprint density at radius 2 is 1.19 bits per heavy atom. The zero-order chi connectivity index (χ0) is 46.0. The molecule has 1 aromatic rings. The predicted octanol–water partition coefficient (Wildman–Crippen LogP) is 8.04. The first-order valence-electron chi connectivity index (χ1n) is 22.8. The summed E-state index contributed by atoms with van der Waals surface area (Å²) < 4.78 is 56.5. The van der Waals surface area contributed by atoms with Crippen LogP contribution in [-0.4, -0.2) is 85.7 Å². The summed E-state index contributed by atoms with van der Waals surface area (Å²) >= 11 is 0. The van der Waals surface area contributed by atoms with Crippen LogP contribution in [0.25, 0.3) is 0 Å². The van der Waals surface area contributed by atoms with Gasteiger partial charge in [0.05, 0.1) is 13.2 Å². The van der Waals surface area contributed by atoms with Crippen molar-refractivity contribution >= 4 is 33.4 Å². The van der Waals surface area contributed by atoms with Gasteiger partial charge in [-0.25, -0.2) is 13.9 Å². The molecule has 18 nitrogen and oxygen atoms in total. The first kappa shape index (κ1) is 55.9. The lowest BCUT2D eigenvalue weighted by molar-refractivity contribution is -0.161. The molecule has 1 aromatic heterocycles. The molecule has 2 heterocycles. The molecule has 2 rings (SSSR count). The van der Waals surface area contributed by atoms with E-state index in [4.69, 9.17) is 29.0 Å². The Labute approximate surface area is 368 Å². The van der Waals surface area contributed by atoms with E-state index in [0.29, 0.717) is 18.8 Å². The van der Waals surface area contributed by atoms with E-state index in [9.17, 15) is 43.5 Å². The lowest BCUT2D eigenvalue weighted by Crippen LogP contribution is -2.36. The van der Waals surface area contributed by atoms with Gasteiger partial charge in [0.2, 0.25) is 0 Å². The van der Waals surface area contributed by atoms with Crippen LogP contribution in [0.3, 0.4) is 0 Å². The van der Waals surface area contributed by atoms with Crippen LogP contribution in [0, 0.1) is 11.8 Å². The SMILES string of the molecule is CC(C)CCCCCCCCCCCCCC(=O)O[C@H](COC(=O)CCCCCCCCCC(C)C)COP(=O)(O)OP(=O)(O)OC[C@H]1O[C@@H](n2ccc(N)nc2=O)C(O)[C@H]1O. The largest absolute Gasteiger partial charge is 0.481 e. The van der Waals surface area contributed by atoms with Crippen molar-refractivity contribution in [2.45, 2.75) is 200 Å². The molecule has 0 radical (unpaired) electrons. The number of carbonyl (C=O) groups is 2. The standard InChI is InChI=1S/C42H77N3O15P2/c1-32(2)23-19-15-11-8-6-5-7-9-13-18-22-26-38(47)58-34(29-55-37(46)25-21-17-14-10-12-16-20-24-33(3)4)30-56-61(51,52)60-62(53,54)57-31-35-39(48)40(49)41(59-35)45-28-27-36(43)44-42(45)50/h27-28,32-35,39-41,48-49H,5-26,29-31H2,1-4H3,(H,51,52)(H,53,54)(H2,43,44,50)/t34-,35-,39+,40?,41-/m1/s1. The van der Waals surface area contributed by atoms with Crippen LogP contribution in [0.1, 0.15) is 175 Å². The number of unbranched alkanes of at least 4 members (excludes halogenated alkanes) is 16. The van der Waals surface area contributed by atoms with Crippen molar-refractivity contribution in [3.05, 3.63) is 22.7 Å². The molecule has 3 unspecified atom stereocenters. The summed E-state index contributed by atoms with van der Waals surface area (Å²) in [4.78, 5) is 61.6. The van der Waals surface area contributed by atoms with E-state index in [2.05, 4.69) is 37.0 Å². The number of carbonyl (C=O) groups excluding carboxylic acids is 2. The molecule has 62 heavy (non-hydrogen) atoms. The molecule has 1 aliphatic heterocycles. The summed E-state index contributed by atoms with van der Waals surface area (Å²) in [6.45, 7) is 6.66. The molecule has 6 N–H and O–H groups in total. The molecule has 0 aliphatic carbocycles. The van der Waals surface area contributed by atoms with Crippen LogP contribution >= 0.6 is 15.6 Å². The molecular formula is C42H77N3O15P2. The van der Waals surface area contributed by atoms with Gasteiger partial charge in [-0.3, -0.25) is 23.2 Å². The van der Waals surface area contributed by atoms with E-state index >= 15 is 0 Å². The third kappa shape index (κ3) is 25.3. The Balaban J connectivity index is 1.83. The molecular weight excluding hydrogens is 848 g/mol. The monoisotopic (exact) mass is 925 g/mol. The van der Waals surface area contributed by atoms with Gasteiger partial charge in [0, 0.05) is 19.0 Å². The van der Waals surface area contributed by atoms with Gasteiger partial charge in [-0.15, -0.1) is 0 Å². The number of nitrogen functional groups attached to an aromatic ring is 1. The number of anilines is 1. The highest BCUT2D eigenvalue weighted by Crippen LogP contribution is 2.60. The second kappa shape index (κ2) is 30.8. The quantitative estimate of drug-likeness (QED) is 0.0242. The maximum atomic E-state index is 12.8. The lowest BCUT2D eigenvalue weighted by atomic mass is 10.0. The molecule has 0 bridgehead atoms. The number of nitrogens with zero attached hydrogens (tertiary/aromatic N) is 2. The van der Waals surface area contributed by atoms with Crippen molar-refractivity contribution < 1.29 is 66.3 Å². The number of ether oxygens (including phenoxy) is 3. The number of aliphatic hydroxyl groups is 2. The van der Waals surface area contributed by atoms with Crippen LogP contribution in [0.2, 0.25) is 0 Å². The minimum absolute atomic E-state index is 0.0549. The van der Waals surface area contributed by atoms with Crippen molar-refractivity contribution in [2.24, 2.45) is 11.8 Å². The van der Waals surface area contributed by atoms with Crippen molar-refractivity contribution in [1.29, 1.82) is 0 Å². The zero-order valence-electron chi connectivity index (χ0n) is 37.5. The molecule has 1 aliphatic rings. The number of phosphoric ester groups is 2. The second-order valence-corrected chi connectivity index (χ2v) is 20.3. The Morgan fingerprint density at radius 3 is 1.69 bits per heavy atom. The predicted molar refractivity (Wildman–Crippen MR) is 234 cm³/mol. The van der Waals surface area contributed by atoms with Crippen molar-refractivity contribution in [3.8, 4) is 0 Å². The highest BCUT2D eigenvalue weighted by atomic mass is 31.3. The van der Waals surface area contributed by atoms with Crippen LogP contribution in [0.4, 0.5) is 5.82 Å². The van der Waals surface area contributed by atoms with Crippen LogP contribution < -0.4 is 11.4 Å². The lowest BCUT2D eigenvalue weighted by Gasteiger charge is -2.21. The van der Waals surface area contributed by atoms with Gasteiger partial charge in [0.25, 0.3) is 0 Å². The molecule has 20 heteroatoms. The van der Waals surface area contributed by atoms with E-state index < -0.39 is 83.7 Å². The van der Waals surface area contributed by atoms with Gasteiger partial charge >= 0.3 is 33.3 Å². The fraction of sp³-hybridized carbons (Fsp3) is 0.857. The maximum absolute atomic E-state index is 12.8. The minimum Gasteiger partial charge on any atom is -0.462 e. The fourth-order valence-corrected chi connectivity index (χ4v) is 9.09. The highest BCUT2D eigenvalue weighted by molar-refractivity contribution is 7.61. The van der Waals surface area contributed by atoms with E-state index in [1.54, 1.807) is 0 Å². The van der Waals surface area contributed by atoms with Crippen molar-refractivity contribution in [2.75, 3.05) is 25.6 Å². The number of esters is 2. The Bertz CT molecular complexity index is 1560. The van der Waals surface area contributed by atoms with Crippen LogP contribution in [0.5, 0.6) is 0 Å². The van der Waals surface area contributed by atoms with Gasteiger partial charge in [0.1, 0.15) is 30.7 Å². The number of nitrogens with two attached hydrogens (primary N) is 1. The number of aliphatic hydroxyl groups excluding tert-OH is 2. The topological polar surface area (TPSA) is 265 Å². The molecule has 0 saturated carbocycles. The first-order valence-corrected chi connectivity index (χ1v) is 25.8. The van der Waals surface area contributed by atoms with Crippen LogP contribution in [0.15, 0.2) is 17.1 Å². The Hall–Kier alpha value is -2.24. The zero-order valence-corrected chi connectivity index (χ0v) is 39.3. The normalized spacial score (nSPS) is 20.3. The van der Waals surface area contributed by atoms with Gasteiger partial charge in [-0.1, -0.05) is 143 Å². The Kier molecular flexibility index (Phi) is 27.8. The molecule has 1 saturated heterocycles. The fourth-order valence-electron chi connectivity index (χ4n) is 6.98. The third-order valence-electron chi connectivity index (χ3n) is 10.5. The van der Waals surface area contributed by atoms with Gasteiger partial charge in [0.15, 0.2) is 12.3 Å². The summed E-state index contributed by atoms with van der Waals surface area (Å²) in [5, 5.41) is 20.8. The van der Waals surface area contributed by atoms with E-state index in [0.717, 1.165) is 68.0 Å². The Morgan fingerprint density at radius 1 is 0.726 bits per heavy atom. The molecule has 360 valence electrons. The van der Waals surface area contributed by atoms with Gasteiger partial charge < -0.3 is 39.9 Å². The summed E-state index contributed by atoms with van der Waals surface area (Å²) in [5.41, 5.74) is 4.58. The molecule has 1 fully saturated rings. The molecule has 0 amide bonds. The maximum Gasteiger partial charge on any atom is 0.481 e. The molecule has 0 spiro atoms. The number of hydrogen-bond acceptors (Lipinski definition) is 15. The van der Waals surface area contributed by atoms with Crippen molar-refractivity contribution in [1.82, 2.24) is 9.55 Å². The number of phosphoric acid groups is 2. The summed E-state index contributed by atoms with van der Waals surface area (Å²) in [6, 6.07) is 1.25. The minimum atomic E-state index is -5.41. The number of rotatable bonds is 36. The number of aromatic nitrogens is 2. The molecule has 7 atom stereocenters. The summed E-state index contributed by atoms with van der Waals surface area (Å²) in [5.74, 6) is 0.174. The summed E-state index contributed by atoms with van der Waals surface area (Å²) in [7, 11) is -10.8. The second-order valence-electron chi connectivity index (χ2n) is 17.2. The van der Waals surface area contributed by atoms with Crippen molar-refractivity contribution in [3.63, 3.8) is 0 Å². The molecule has 0 aromatic carbocycles. The summed E-state index contributed by atoms with van der Waals surface area (Å²) in [6.07, 6.45) is 15.3. The highest BCUT2D eigenvalue weighted by Gasteiger charge is 2.46. The van der Waals surface area contributed by atoms with Crippen LogP contribution in [-0.2, 0) is 46.3 Å². The van der Waals surface area contributed by atoms with Gasteiger partial charge in [-0.2, -0.15) is 9.29 Å². The number of hydrogen-bond donors (Lipinski definition) is 5. The average Bonchev–Trinajstić information content (AvgIpc) is 3.47. The first-order chi connectivity index (χ1) is 29.4. The average molecular weight is 926 g/mol.